The quantitative estimate of drug-likeness (QED) is 0.464. The number of nitrogens with one attached hydrogen (secondary N) is 1. The molecular formula is C25H30N4O5. The lowest BCUT2D eigenvalue weighted by Gasteiger charge is -2.29. The normalized spacial score (nSPS) is 17.1. The summed E-state index contributed by atoms with van der Waals surface area (Å²) in [6.45, 7) is 2.40. The minimum Gasteiger partial charge on any atom is -0.493 e. The molecule has 0 bridgehead atoms. The number of ether oxygens (including phenoxy) is 3. The number of anilines is 1. The van der Waals surface area contributed by atoms with Gasteiger partial charge >= 0.3 is 0 Å². The van der Waals surface area contributed by atoms with Gasteiger partial charge in [0.15, 0.2) is 11.5 Å². The van der Waals surface area contributed by atoms with Gasteiger partial charge < -0.3 is 24.4 Å². The van der Waals surface area contributed by atoms with Crippen molar-refractivity contribution in [2.75, 3.05) is 45.8 Å². The molecule has 1 aromatic heterocycles. The van der Waals surface area contributed by atoms with Gasteiger partial charge in [-0.25, -0.2) is 9.97 Å². The second-order valence-electron chi connectivity index (χ2n) is 8.28. The van der Waals surface area contributed by atoms with Crippen LogP contribution in [0.5, 0.6) is 11.5 Å². The van der Waals surface area contributed by atoms with Crippen LogP contribution < -0.4 is 14.8 Å². The third kappa shape index (κ3) is 5.36. The summed E-state index contributed by atoms with van der Waals surface area (Å²) >= 11 is 0. The predicted molar refractivity (Wildman–Crippen MR) is 128 cm³/mol. The molecule has 1 N–H and O–H groups in total. The Morgan fingerprint density at radius 3 is 2.41 bits per heavy atom. The standard InChI is InChI=1S/C25H30N4O5/c1-32-10-11-34-24-14-18-17(12-23(24)33-2)25(27-16-26-18)28-19-13-22(31)20(15-21(19)30)29-8-6-4-3-5-7-9-29/h12-16H,3-11H2,1-2H3,(H,26,27,28). The number of fused-ring (bicyclic) bond motifs is 1. The Kier molecular flexibility index (Phi) is 7.74. The molecule has 0 atom stereocenters. The number of nitrogens with zero attached hydrogens (tertiary/aromatic N) is 3. The summed E-state index contributed by atoms with van der Waals surface area (Å²) in [6, 6.07) is 3.50. The van der Waals surface area contributed by atoms with E-state index in [2.05, 4.69) is 15.3 Å². The van der Waals surface area contributed by atoms with Crippen LogP contribution in [-0.2, 0) is 14.3 Å². The number of carbonyl (C=O) groups is 2. The first-order valence-corrected chi connectivity index (χ1v) is 11.6. The molecule has 2 aromatic rings. The van der Waals surface area contributed by atoms with Gasteiger partial charge in [0.25, 0.3) is 0 Å². The van der Waals surface area contributed by atoms with E-state index >= 15 is 0 Å². The summed E-state index contributed by atoms with van der Waals surface area (Å²) in [5.41, 5.74) is 1.27. The minimum absolute atomic E-state index is 0.174. The fraction of sp³-hybridized carbons (Fsp3) is 0.440. The Morgan fingerprint density at radius 2 is 1.68 bits per heavy atom. The Hall–Kier alpha value is -3.46. The van der Waals surface area contributed by atoms with Crippen LogP contribution in [0.1, 0.15) is 32.1 Å². The van der Waals surface area contributed by atoms with Crippen LogP contribution in [0.4, 0.5) is 5.82 Å². The molecule has 0 amide bonds. The molecule has 0 radical (unpaired) electrons. The Balaban J connectivity index is 1.56. The van der Waals surface area contributed by atoms with E-state index in [0.29, 0.717) is 47.1 Å². The molecule has 1 aliphatic heterocycles. The van der Waals surface area contributed by atoms with E-state index < -0.39 is 0 Å². The van der Waals surface area contributed by atoms with Crippen molar-refractivity contribution < 1.29 is 23.8 Å². The van der Waals surface area contributed by atoms with Crippen molar-refractivity contribution in [2.24, 2.45) is 0 Å². The summed E-state index contributed by atoms with van der Waals surface area (Å²) in [6.07, 6.45) is 9.79. The van der Waals surface area contributed by atoms with E-state index in [9.17, 15) is 9.59 Å². The first-order chi connectivity index (χ1) is 16.6. The zero-order valence-electron chi connectivity index (χ0n) is 19.6. The van der Waals surface area contributed by atoms with Crippen molar-refractivity contribution in [3.8, 4) is 11.5 Å². The number of hydrogen-bond acceptors (Lipinski definition) is 9. The highest BCUT2D eigenvalue weighted by Gasteiger charge is 2.25. The lowest BCUT2D eigenvalue weighted by molar-refractivity contribution is -0.116. The van der Waals surface area contributed by atoms with Gasteiger partial charge in [-0.05, 0) is 18.9 Å². The van der Waals surface area contributed by atoms with Gasteiger partial charge in [0, 0.05) is 43.8 Å². The molecule has 1 saturated heterocycles. The molecular weight excluding hydrogens is 436 g/mol. The van der Waals surface area contributed by atoms with E-state index in [-0.39, 0.29) is 17.3 Å². The molecule has 0 spiro atoms. The van der Waals surface area contributed by atoms with Crippen molar-refractivity contribution in [3.63, 3.8) is 0 Å². The molecule has 9 heteroatoms. The summed E-state index contributed by atoms with van der Waals surface area (Å²) < 4.78 is 16.2. The maximum atomic E-state index is 12.9. The number of likely N-dealkylation sites (tertiary alicyclic amines) is 1. The highest BCUT2D eigenvalue weighted by molar-refractivity contribution is 6.21. The van der Waals surface area contributed by atoms with Crippen LogP contribution in [0.2, 0.25) is 0 Å². The van der Waals surface area contributed by atoms with Crippen LogP contribution in [0.25, 0.3) is 10.9 Å². The second-order valence-corrected chi connectivity index (χ2v) is 8.28. The van der Waals surface area contributed by atoms with E-state index in [1.807, 2.05) is 4.90 Å². The minimum atomic E-state index is -0.255. The molecule has 34 heavy (non-hydrogen) atoms. The van der Waals surface area contributed by atoms with Crippen molar-refractivity contribution in [2.45, 2.75) is 32.1 Å². The molecule has 0 saturated carbocycles. The summed E-state index contributed by atoms with van der Waals surface area (Å²) in [5.74, 6) is 1.01. The van der Waals surface area contributed by atoms with E-state index in [1.54, 1.807) is 26.4 Å². The van der Waals surface area contributed by atoms with E-state index in [4.69, 9.17) is 14.2 Å². The Labute approximate surface area is 198 Å². The number of ketones is 2. The average Bonchev–Trinajstić information content (AvgIpc) is 2.81. The number of hydrogen-bond donors (Lipinski definition) is 1. The third-order valence-electron chi connectivity index (χ3n) is 5.98. The zero-order valence-corrected chi connectivity index (χ0v) is 19.6. The predicted octanol–water partition coefficient (Wildman–Crippen LogP) is 3.26. The lowest BCUT2D eigenvalue weighted by Crippen LogP contribution is -2.33. The summed E-state index contributed by atoms with van der Waals surface area (Å²) in [5, 5.41) is 3.67. The highest BCUT2D eigenvalue weighted by atomic mass is 16.5. The van der Waals surface area contributed by atoms with Gasteiger partial charge in [0.2, 0.25) is 11.6 Å². The van der Waals surface area contributed by atoms with E-state index in [1.165, 1.54) is 24.9 Å². The van der Waals surface area contributed by atoms with Gasteiger partial charge in [-0.15, -0.1) is 0 Å². The zero-order chi connectivity index (χ0) is 23.9. The Bertz CT molecular complexity index is 1120. The SMILES string of the molecule is COCCOc1cc2ncnc(NC3=CC(=O)C(N4CCCCCCC4)=CC3=O)c2cc1OC. The number of methoxy groups -OCH3 is 2. The number of carbonyl (C=O) groups excluding carboxylic acids is 2. The van der Waals surface area contributed by atoms with Gasteiger partial charge in [0.05, 0.1) is 30.6 Å². The van der Waals surface area contributed by atoms with Gasteiger partial charge in [-0.3, -0.25) is 9.59 Å². The van der Waals surface area contributed by atoms with Gasteiger partial charge in [0.1, 0.15) is 18.8 Å². The smallest absolute Gasteiger partial charge is 0.204 e. The third-order valence-corrected chi connectivity index (χ3v) is 5.98. The molecule has 180 valence electrons. The fourth-order valence-electron chi connectivity index (χ4n) is 4.18. The van der Waals surface area contributed by atoms with Crippen LogP contribution in [-0.4, -0.2) is 67.0 Å². The molecule has 0 unspecified atom stereocenters. The number of aromatic nitrogens is 2. The molecule has 1 aromatic carbocycles. The van der Waals surface area contributed by atoms with Crippen molar-refractivity contribution in [1.82, 2.24) is 14.9 Å². The second kappa shape index (κ2) is 11.1. The number of benzene rings is 1. The van der Waals surface area contributed by atoms with Crippen LogP contribution in [0.15, 0.2) is 42.0 Å². The number of allylic oxidation sites excluding steroid dienone is 2. The summed E-state index contributed by atoms with van der Waals surface area (Å²) in [4.78, 5) is 36.5. The van der Waals surface area contributed by atoms with Crippen LogP contribution in [0.3, 0.4) is 0 Å². The topological polar surface area (TPSA) is 103 Å². The maximum absolute atomic E-state index is 12.9. The fourth-order valence-corrected chi connectivity index (χ4v) is 4.18. The lowest BCUT2D eigenvalue weighted by atomic mass is 10.0. The van der Waals surface area contributed by atoms with Crippen molar-refractivity contribution in [1.29, 1.82) is 0 Å². The van der Waals surface area contributed by atoms with Gasteiger partial charge in [-0.1, -0.05) is 19.3 Å². The molecule has 1 fully saturated rings. The van der Waals surface area contributed by atoms with Gasteiger partial charge in [-0.2, -0.15) is 0 Å². The van der Waals surface area contributed by atoms with Crippen LogP contribution in [0, 0.1) is 0 Å². The first-order valence-electron chi connectivity index (χ1n) is 11.6. The molecule has 2 aliphatic rings. The molecule has 2 heterocycles. The highest BCUT2D eigenvalue weighted by Crippen LogP contribution is 2.34. The Morgan fingerprint density at radius 1 is 0.912 bits per heavy atom. The summed E-state index contributed by atoms with van der Waals surface area (Å²) in [7, 11) is 3.15. The largest absolute Gasteiger partial charge is 0.493 e. The van der Waals surface area contributed by atoms with Crippen molar-refractivity contribution >= 4 is 28.3 Å². The number of rotatable bonds is 8. The maximum Gasteiger partial charge on any atom is 0.204 e. The molecule has 4 rings (SSSR count). The first kappa shape index (κ1) is 23.7. The molecule has 9 nitrogen and oxygen atoms in total. The molecule has 1 aliphatic carbocycles. The monoisotopic (exact) mass is 466 g/mol. The average molecular weight is 467 g/mol. The van der Waals surface area contributed by atoms with Crippen LogP contribution >= 0.6 is 0 Å². The van der Waals surface area contributed by atoms with Crippen molar-refractivity contribution in [3.05, 3.63) is 42.0 Å². The van der Waals surface area contributed by atoms with E-state index in [0.717, 1.165) is 38.8 Å².